The van der Waals surface area contributed by atoms with Crippen LogP contribution in [0.4, 0.5) is 5.69 Å². The van der Waals surface area contributed by atoms with E-state index in [0.29, 0.717) is 28.5 Å². The Morgan fingerprint density at radius 3 is 2.62 bits per heavy atom. The number of hydrogen-bond donors (Lipinski definition) is 1. The van der Waals surface area contributed by atoms with E-state index in [2.05, 4.69) is 15.5 Å². The minimum atomic E-state index is -0.369. The normalized spacial score (nSPS) is 10.7. The molecule has 2 heterocycles. The number of benzene rings is 2. The highest BCUT2D eigenvalue weighted by Crippen LogP contribution is 2.23. The second-order valence-electron chi connectivity index (χ2n) is 7.30. The van der Waals surface area contributed by atoms with Crippen molar-refractivity contribution in [1.29, 1.82) is 0 Å². The van der Waals surface area contributed by atoms with Gasteiger partial charge < -0.3 is 19.1 Å². The van der Waals surface area contributed by atoms with Gasteiger partial charge in [-0.05, 0) is 37.6 Å². The highest BCUT2D eigenvalue weighted by molar-refractivity contribution is 5.90. The van der Waals surface area contributed by atoms with E-state index in [9.17, 15) is 9.59 Å². The molecule has 1 amide bonds. The van der Waals surface area contributed by atoms with Crippen molar-refractivity contribution in [1.82, 2.24) is 14.7 Å². The third-order valence-corrected chi connectivity index (χ3v) is 5.03. The maximum absolute atomic E-state index is 13.3. The van der Waals surface area contributed by atoms with Crippen LogP contribution in [0.1, 0.15) is 11.3 Å². The van der Waals surface area contributed by atoms with Crippen LogP contribution in [0.25, 0.3) is 22.8 Å². The van der Waals surface area contributed by atoms with E-state index < -0.39 is 0 Å². The van der Waals surface area contributed by atoms with Crippen LogP contribution in [0.5, 0.6) is 5.75 Å². The first kappa shape index (κ1) is 21.0. The SMILES string of the molecule is COc1cccc(NC(=O)Cn2c(C)cc(C)c(-c3nc(-c4ccccc4)no3)c2=O)c1. The summed E-state index contributed by atoms with van der Waals surface area (Å²) in [6.07, 6.45) is 0. The van der Waals surface area contributed by atoms with Crippen molar-refractivity contribution in [3.05, 3.63) is 82.3 Å². The molecule has 0 fully saturated rings. The van der Waals surface area contributed by atoms with Gasteiger partial charge in [0.15, 0.2) is 0 Å². The van der Waals surface area contributed by atoms with Crippen LogP contribution in [0.2, 0.25) is 0 Å². The third kappa shape index (κ3) is 4.29. The van der Waals surface area contributed by atoms with Crippen molar-refractivity contribution in [2.75, 3.05) is 12.4 Å². The van der Waals surface area contributed by atoms with Gasteiger partial charge >= 0.3 is 0 Å². The minimum Gasteiger partial charge on any atom is -0.497 e. The number of ether oxygens (including phenoxy) is 1. The summed E-state index contributed by atoms with van der Waals surface area (Å²) < 4.78 is 12.0. The molecule has 0 spiro atoms. The average molecular weight is 430 g/mol. The van der Waals surface area contributed by atoms with Crippen molar-refractivity contribution < 1.29 is 14.1 Å². The molecule has 0 aliphatic heterocycles. The Hall–Kier alpha value is -4.20. The van der Waals surface area contributed by atoms with Crippen LogP contribution in [-0.4, -0.2) is 27.7 Å². The number of rotatable bonds is 6. The minimum absolute atomic E-state index is 0.119. The Morgan fingerprint density at radius 1 is 1.09 bits per heavy atom. The Labute approximate surface area is 184 Å². The largest absolute Gasteiger partial charge is 0.497 e. The smallest absolute Gasteiger partial charge is 0.264 e. The van der Waals surface area contributed by atoms with E-state index in [1.54, 1.807) is 45.2 Å². The van der Waals surface area contributed by atoms with Crippen molar-refractivity contribution in [2.24, 2.45) is 0 Å². The lowest BCUT2D eigenvalue weighted by Gasteiger charge is -2.13. The molecule has 0 saturated carbocycles. The summed E-state index contributed by atoms with van der Waals surface area (Å²) in [5.74, 6) is 0.795. The number of hydrogen-bond acceptors (Lipinski definition) is 6. The predicted octanol–water partition coefficient (Wildman–Crippen LogP) is 3.83. The van der Waals surface area contributed by atoms with Gasteiger partial charge in [0.25, 0.3) is 11.4 Å². The highest BCUT2D eigenvalue weighted by atomic mass is 16.5. The number of nitrogens with one attached hydrogen (secondary N) is 1. The topological polar surface area (TPSA) is 99.2 Å². The van der Waals surface area contributed by atoms with Crippen LogP contribution in [0.15, 0.2) is 70.0 Å². The number of nitrogens with zero attached hydrogens (tertiary/aromatic N) is 3. The monoisotopic (exact) mass is 430 g/mol. The standard InChI is InChI=1S/C24H22N4O4/c1-15-12-16(2)28(14-20(29)25-18-10-7-11-19(13-18)31-3)24(30)21(15)23-26-22(27-32-23)17-8-5-4-6-9-17/h4-13H,14H2,1-3H3,(H,25,29). The fraction of sp³-hybridized carbons (Fsp3) is 0.167. The number of anilines is 1. The summed E-state index contributed by atoms with van der Waals surface area (Å²) in [5.41, 5.74) is 2.62. The molecule has 1 N–H and O–H groups in total. The molecule has 8 nitrogen and oxygen atoms in total. The first-order chi connectivity index (χ1) is 15.5. The molecule has 8 heteroatoms. The van der Waals surface area contributed by atoms with E-state index in [1.807, 2.05) is 36.4 Å². The van der Waals surface area contributed by atoms with Crippen LogP contribution in [0.3, 0.4) is 0 Å². The molecule has 2 aromatic heterocycles. The molecule has 0 aliphatic carbocycles. The zero-order chi connectivity index (χ0) is 22.7. The van der Waals surface area contributed by atoms with Crippen LogP contribution < -0.4 is 15.6 Å². The van der Waals surface area contributed by atoms with E-state index >= 15 is 0 Å². The Kier molecular flexibility index (Phi) is 5.85. The molecular formula is C24H22N4O4. The highest BCUT2D eigenvalue weighted by Gasteiger charge is 2.20. The van der Waals surface area contributed by atoms with Gasteiger partial charge in [-0.1, -0.05) is 41.6 Å². The van der Waals surface area contributed by atoms with Crippen molar-refractivity contribution in [3.63, 3.8) is 0 Å². The second kappa shape index (κ2) is 8.89. The fourth-order valence-corrected chi connectivity index (χ4v) is 3.46. The average Bonchev–Trinajstić information content (AvgIpc) is 3.27. The first-order valence-corrected chi connectivity index (χ1v) is 10.0. The molecule has 2 aromatic carbocycles. The van der Waals surface area contributed by atoms with Crippen LogP contribution >= 0.6 is 0 Å². The van der Waals surface area contributed by atoms with Gasteiger partial charge in [0.05, 0.1) is 7.11 Å². The second-order valence-corrected chi connectivity index (χ2v) is 7.30. The lowest BCUT2D eigenvalue weighted by atomic mass is 10.1. The van der Waals surface area contributed by atoms with Gasteiger partial charge in [0, 0.05) is 23.0 Å². The number of pyridine rings is 1. The van der Waals surface area contributed by atoms with Gasteiger partial charge in [-0.15, -0.1) is 0 Å². The molecular weight excluding hydrogens is 408 g/mol. The quantitative estimate of drug-likeness (QED) is 0.499. The number of carbonyl (C=O) groups is 1. The number of carbonyl (C=O) groups excluding carboxylic acids is 1. The Morgan fingerprint density at radius 2 is 1.88 bits per heavy atom. The predicted molar refractivity (Wildman–Crippen MR) is 121 cm³/mol. The van der Waals surface area contributed by atoms with Gasteiger partial charge in [-0.2, -0.15) is 4.98 Å². The van der Waals surface area contributed by atoms with Crippen molar-refractivity contribution in [3.8, 4) is 28.6 Å². The molecule has 32 heavy (non-hydrogen) atoms. The summed E-state index contributed by atoms with van der Waals surface area (Å²) in [7, 11) is 1.55. The van der Waals surface area contributed by atoms with E-state index in [-0.39, 0.29) is 29.5 Å². The number of aromatic nitrogens is 3. The molecule has 162 valence electrons. The number of methoxy groups -OCH3 is 1. The molecule has 0 atom stereocenters. The van der Waals surface area contributed by atoms with E-state index in [0.717, 1.165) is 5.56 Å². The van der Waals surface area contributed by atoms with E-state index in [1.165, 1.54) is 4.57 Å². The maximum atomic E-state index is 13.3. The zero-order valence-corrected chi connectivity index (χ0v) is 18.0. The molecule has 0 bridgehead atoms. The molecule has 0 saturated heterocycles. The number of amides is 1. The molecule has 0 radical (unpaired) electrons. The van der Waals surface area contributed by atoms with Gasteiger partial charge in [0.2, 0.25) is 11.7 Å². The summed E-state index contributed by atoms with van der Waals surface area (Å²) in [4.78, 5) is 30.3. The first-order valence-electron chi connectivity index (χ1n) is 10.0. The summed E-state index contributed by atoms with van der Waals surface area (Å²) >= 11 is 0. The lowest BCUT2D eigenvalue weighted by Crippen LogP contribution is -2.30. The maximum Gasteiger partial charge on any atom is 0.264 e. The third-order valence-electron chi connectivity index (χ3n) is 5.03. The Bertz CT molecular complexity index is 1330. The zero-order valence-electron chi connectivity index (χ0n) is 18.0. The number of aryl methyl sites for hydroxylation is 2. The van der Waals surface area contributed by atoms with Crippen LogP contribution in [0, 0.1) is 13.8 Å². The fourth-order valence-electron chi connectivity index (χ4n) is 3.46. The van der Waals surface area contributed by atoms with Gasteiger partial charge in [-0.3, -0.25) is 9.59 Å². The summed E-state index contributed by atoms with van der Waals surface area (Å²) in [6, 6.07) is 18.2. The van der Waals surface area contributed by atoms with E-state index in [4.69, 9.17) is 9.26 Å². The van der Waals surface area contributed by atoms with Gasteiger partial charge in [0.1, 0.15) is 17.9 Å². The van der Waals surface area contributed by atoms with Gasteiger partial charge in [-0.25, -0.2) is 0 Å². The lowest BCUT2D eigenvalue weighted by molar-refractivity contribution is -0.116. The molecule has 0 unspecified atom stereocenters. The molecule has 4 rings (SSSR count). The Balaban J connectivity index is 1.63. The summed E-state index contributed by atoms with van der Waals surface area (Å²) in [6.45, 7) is 3.42. The molecule has 4 aromatic rings. The molecule has 0 aliphatic rings. The van der Waals surface area contributed by atoms with Crippen molar-refractivity contribution in [2.45, 2.75) is 20.4 Å². The van der Waals surface area contributed by atoms with Crippen LogP contribution in [-0.2, 0) is 11.3 Å². The van der Waals surface area contributed by atoms with Crippen molar-refractivity contribution >= 4 is 11.6 Å². The summed E-state index contributed by atoms with van der Waals surface area (Å²) in [5, 5.41) is 6.79.